The van der Waals surface area contributed by atoms with Crippen molar-refractivity contribution in [2.45, 2.75) is 6.92 Å². The van der Waals surface area contributed by atoms with Crippen LogP contribution in [0.5, 0.6) is 0 Å². The maximum absolute atomic E-state index is 12.7. The maximum atomic E-state index is 12.7. The molecule has 0 aliphatic carbocycles. The number of hydrogen-bond acceptors (Lipinski definition) is 1. The van der Waals surface area contributed by atoms with Crippen LogP contribution in [-0.2, 0) is 0 Å². The molecule has 1 nitrogen and oxygen atoms in total. The Morgan fingerprint density at radius 3 is 2.70 bits per heavy atom. The highest BCUT2D eigenvalue weighted by Gasteiger charge is 1.95. The molecule has 10 heavy (non-hydrogen) atoms. The highest BCUT2D eigenvalue weighted by Crippen LogP contribution is 2.06. The molecule has 1 rings (SSSR count). The molecule has 0 unspecified atom stereocenters. The Morgan fingerprint density at radius 2 is 2.20 bits per heavy atom. The largest absolute Gasteiger partial charge is 0.308 e. The summed E-state index contributed by atoms with van der Waals surface area (Å²) in [4.78, 5) is 0. The molecule has 0 aromatic heterocycles. The molecule has 0 saturated carbocycles. The van der Waals surface area contributed by atoms with E-state index in [1.54, 1.807) is 19.1 Å². The van der Waals surface area contributed by atoms with Gasteiger partial charge in [-0.25, -0.2) is 4.39 Å². The summed E-state index contributed by atoms with van der Waals surface area (Å²) >= 11 is 0. The summed E-state index contributed by atoms with van der Waals surface area (Å²) in [5.74, 6) is -0.249. The van der Waals surface area contributed by atoms with Gasteiger partial charge in [0, 0.05) is 6.21 Å². The third-order valence-corrected chi connectivity index (χ3v) is 1.36. The zero-order valence-corrected chi connectivity index (χ0v) is 5.69. The Kier molecular flexibility index (Phi) is 1.81. The summed E-state index contributed by atoms with van der Waals surface area (Å²) in [5.41, 5.74) is 1.22. The molecule has 1 N–H and O–H groups in total. The number of aryl methyl sites for hydroxylation is 1. The van der Waals surface area contributed by atoms with Gasteiger partial charge in [0.2, 0.25) is 0 Å². The lowest BCUT2D eigenvalue weighted by molar-refractivity contribution is 0.618. The van der Waals surface area contributed by atoms with Crippen molar-refractivity contribution < 1.29 is 4.39 Å². The molecule has 1 aromatic rings. The van der Waals surface area contributed by atoms with Crippen molar-refractivity contribution >= 4 is 6.21 Å². The SMILES string of the molecule is Cc1ccc(C=N)cc1F. The first-order valence-corrected chi connectivity index (χ1v) is 3.00. The Labute approximate surface area is 59.0 Å². The Morgan fingerprint density at radius 1 is 1.50 bits per heavy atom. The van der Waals surface area contributed by atoms with E-state index in [1.807, 2.05) is 0 Å². The average molecular weight is 137 g/mol. The standard InChI is InChI=1S/C8H8FN/c1-6-2-3-7(5-10)4-8(6)9/h2-5,10H,1H3. The average Bonchev–Trinajstić information content (AvgIpc) is 1.95. The number of halogens is 1. The summed E-state index contributed by atoms with van der Waals surface area (Å²) in [7, 11) is 0. The van der Waals surface area contributed by atoms with E-state index in [0.29, 0.717) is 11.1 Å². The van der Waals surface area contributed by atoms with Gasteiger partial charge in [0.15, 0.2) is 0 Å². The third-order valence-electron chi connectivity index (χ3n) is 1.36. The molecule has 1 aromatic carbocycles. The van der Waals surface area contributed by atoms with Crippen LogP contribution in [0.25, 0.3) is 0 Å². The van der Waals surface area contributed by atoms with Crippen molar-refractivity contribution in [3.05, 3.63) is 35.1 Å². The Hall–Kier alpha value is -1.18. The fraction of sp³-hybridized carbons (Fsp3) is 0.125. The first kappa shape index (κ1) is 6.93. The van der Waals surface area contributed by atoms with Crippen LogP contribution in [-0.4, -0.2) is 6.21 Å². The van der Waals surface area contributed by atoms with Crippen molar-refractivity contribution in [1.29, 1.82) is 5.41 Å². The van der Waals surface area contributed by atoms with E-state index in [4.69, 9.17) is 5.41 Å². The predicted molar refractivity (Wildman–Crippen MR) is 39.0 cm³/mol. The van der Waals surface area contributed by atoms with Crippen LogP contribution in [0, 0.1) is 18.2 Å². The zero-order chi connectivity index (χ0) is 7.56. The number of rotatable bonds is 1. The molecule has 2 heteroatoms. The molecule has 52 valence electrons. The maximum Gasteiger partial charge on any atom is 0.126 e. The minimum Gasteiger partial charge on any atom is -0.308 e. The second-order valence-corrected chi connectivity index (χ2v) is 2.15. The van der Waals surface area contributed by atoms with Gasteiger partial charge in [-0.15, -0.1) is 0 Å². The van der Waals surface area contributed by atoms with E-state index in [-0.39, 0.29) is 5.82 Å². The van der Waals surface area contributed by atoms with Crippen molar-refractivity contribution in [2.24, 2.45) is 0 Å². The van der Waals surface area contributed by atoms with E-state index in [1.165, 1.54) is 6.07 Å². The zero-order valence-electron chi connectivity index (χ0n) is 5.69. The molecule has 0 radical (unpaired) electrons. The van der Waals surface area contributed by atoms with Gasteiger partial charge in [-0.1, -0.05) is 12.1 Å². The van der Waals surface area contributed by atoms with Crippen molar-refractivity contribution in [3.8, 4) is 0 Å². The number of nitrogens with one attached hydrogen (secondary N) is 1. The fourth-order valence-corrected chi connectivity index (χ4v) is 0.699. The van der Waals surface area contributed by atoms with Crippen LogP contribution in [0.4, 0.5) is 4.39 Å². The van der Waals surface area contributed by atoms with Gasteiger partial charge >= 0.3 is 0 Å². The summed E-state index contributed by atoms with van der Waals surface area (Å²) in [5, 5.41) is 6.82. The first-order chi connectivity index (χ1) is 4.74. The lowest BCUT2D eigenvalue weighted by Crippen LogP contribution is -1.85. The van der Waals surface area contributed by atoms with E-state index in [0.717, 1.165) is 6.21 Å². The fourth-order valence-electron chi connectivity index (χ4n) is 0.699. The van der Waals surface area contributed by atoms with Crippen LogP contribution in [0.2, 0.25) is 0 Å². The Bertz CT molecular complexity index is 255. The highest BCUT2D eigenvalue weighted by atomic mass is 19.1. The van der Waals surface area contributed by atoms with Gasteiger partial charge < -0.3 is 5.41 Å². The molecule has 0 saturated heterocycles. The minimum atomic E-state index is -0.249. The molecule has 0 atom stereocenters. The van der Waals surface area contributed by atoms with Gasteiger partial charge in [0.1, 0.15) is 5.82 Å². The molecular formula is C8H8FN. The molecule has 0 spiro atoms. The van der Waals surface area contributed by atoms with Crippen LogP contribution in [0.15, 0.2) is 18.2 Å². The Balaban J connectivity index is 3.16. The topological polar surface area (TPSA) is 23.9 Å². The summed E-state index contributed by atoms with van der Waals surface area (Å²) in [6.45, 7) is 1.70. The summed E-state index contributed by atoms with van der Waals surface area (Å²) < 4.78 is 12.7. The molecule has 0 bridgehead atoms. The molecule has 0 aliphatic heterocycles. The molecule has 0 fully saturated rings. The van der Waals surface area contributed by atoms with E-state index < -0.39 is 0 Å². The molecule has 0 amide bonds. The summed E-state index contributed by atoms with van der Waals surface area (Å²) in [6.07, 6.45) is 1.13. The number of benzene rings is 1. The van der Waals surface area contributed by atoms with Crippen molar-refractivity contribution in [1.82, 2.24) is 0 Å². The second-order valence-electron chi connectivity index (χ2n) is 2.15. The van der Waals surface area contributed by atoms with E-state index in [9.17, 15) is 4.39 Å². The molecule has 0 aliphatic rings. The van der Waals surface area contributed by atoms with Crippen molar-refractivity contribution in [3.63, 3.8) is 0 Å². The summed E-state index contributed by atoms with van der Waals surface area (Å²) in [6, 6.07) is 4.73. The highest BCUT2D eigenvalue weighted by molar-refractivity contribution is 5.76. The van der Waals surface area contributed by atoms with Crippen LogP contribution < -0.4 is 0 Å². The molecular weight excluding hydrogens is 129 g/mol. The van der Waals surface area contributed by atoms with Crippen LogP contribution in [0.1, 0.15) is 11.1 Å². The predicted octanol–water partition coefficient (Wildman–Crippen LogP) is 2.13. The normalized spacial score (nSPS) is 9.40. The quantitative estimate of drug-likeness (QED) is 0.573. The second kappa shape index (κ2) is 2.60. The number of hydrogen-bond donors (Lipinski definition) is 1. The lowest BCUT2D eigenvalue weighted by atomic mass is 10.1. The monoisotopic (exact) mass is 137 g/mol. The van der Waals surface area contributed by atoms with Crippen molar-refractivity contribution in [2.75, 3.05) is 0 Å². The van der Waals surface area contributed by atoms with Gasteiger partial charge in [-0.05, 0) is 24.1 Å². The van der Waals surface area contributed by atoms with Gasteiger partial charge in [-0.3, -0.25) is 0 Å². The van der Waals surface area contributed by atoms with Gasteiger partial charge in [-0.2, -0.15) is 0 Å². The van der Waals surface area contributed by atoms with Crippen LogP contribution >= 0.6 is 0 Å². The van der Waals surface area contributed by atoms with Gasteiger partial charge in [0.05, 0.1) is 0 Å². The lowest BCUT2D eigenvalue weighted by Gasteiger charge is -1.95. The van der Waals surface area contributed by atoms with Crippen LogP contribution in [0.3, 0.4) is 0 Å². The van der Waals surface area contributed by atoms with Gasteiger partial charge in [0.25, 0.3) is 0 Å². The molecule has 0 heterocycles. The van der Waals surface area contributed by atoms with E-state index in [2.05, 4.69) is 0 Å². The first-order valence-electron chi connectivity index (χ1n) is 3.00. The smallest absolute Gasteiger partial charge is 0.126 e. The third kappa shape index (κ3) is 1.21. The minimum absolute atomic E-state index is 0.249. The van der Waals surface area contributed by atoms with E-state index >= 15 is 0 Å².